The number of amides is 1. The fourth-order valence-electron chi connectivity index (χ4n) is 5.45. The zero-order chi connectivity index (χ0) is 28.4. The standard InChI is InChI=1S/C30H36N6O4/c1-6-40-25-15-21-7-11-35-23(22(21)16-24(25)39-5)17-26(34-27-19(3)13-18(2)14-20(27)4)36(30(35)38)12-10-33-29(37)28-31-8-9-32-28/h13-17H,6-12H2,1-5H3,(H,31,32)(H,33,37)/b34-26+. The van der Waals surface area contributed by atoms with Crippen LogP contribution in [0.2, 0.25) is 0 Å². The highest BCUT2D eigenvalue weighted by atomic mass is 16.5. The SMILES string of the molecule is CCOc1cc2c(cc1OC)-c1c/c(=N\c3c(C)cc(C)cc3C)n(CCNC(=O)C3=NCCN3)c(=O)n1CC2. The number of ether oxygens (including phenoxy) is 2. The molecule has 10 nitrogen and oxygen atoms in total. The first-order valence-corrected chi connectivity index (χ1v) is 13.7. The molecule has 0 atom stereocenters. The van der Waals surface area contributed by atoms with E-state index in [0.29, 0.717) is 55.5 Å². The van der Waals surface area contributed by atoms with Gasteiger partial charge >= 0.3 is 5.69 Å². The third-order valence-corrected chi connectivity index (χ3v) is 7.24. The summed E-state index contributed by atoms with van der Waals surface area (Å²) in [6, 6.07) is 10.1. The number of rotatable bonds is 8. The minimum atomic E-state index is -0.272. The summed E-state index contributed by atoms with van der Waals surface area (Å²) in [5.74, 6) is 1.37. The van der Waals surface area contributed by atoms with E-state index in [0.717, 1.165) is 39.2 Å². The predicted molar refractivity (Wildman–Crippen MR) is 155 cm³/mol. The molecule has 2 N–H and O–H groups in total. The van der Waals surface area contributed by atoms with Crippen molar-refractivity contribution in [2.45, 2.75) is 47.2 Å². The number of amidine groups is 1. The van der Waals surface area contributed by atoms with E-state index >= 15 is 0 Å². The lowest BCUT2D eigenvalue weighted by molar-refractivity contribution is -0.115. The third-order valence-electron chi connectivity index (χ3n) is 7.24. The lowest BCUT2D eigenvalue weighted by Gasteiger charge is -2.25. The summed E-state index contributed by atoms with van der Waals surface area (Å²) in [7, 11) is 1.61. The van der Waals surface area contributed by atoms with E-state index in [2.05, 4.69) is 34.7 Å². The first kappa shape index (κ1) is 27.2. The molecule has 1 aromatic heterocycles. The average molecular weight is 545 g/mol. The van der Waals surface area contributed by atoms with Crippen molar-refractivity contribution in [3.8, 4) is 22.8 Å². The van der Waals surface area contributed by atoms with Crippen LogP contribution in [-0.2, 0) is 24.3 Å². The molecule has 2 aliphatic heterocycles. The van der Waals surface area contributed by atoms with Crippen molar-refractivity contribution >= 4 is 17.4 Å². The average Bonchev–Trinajstić information content (AvgIpc) is 3.47. The van der Waals surface area contributed by atoms with Gasteiger partial charge in [-0.05, 0) is 62.9 Å². The number of nitrogens with one attached hydrogen (secondary N) is 2. The molecule has 0 bridgehead atoms. The van der Waals surface area contributed by atoms with Gasteiger partial charge in [-0.2, -0.15) is 0 Å². The Morgan fingerprint density at radius 1 is 1.12 bits per heavy atom. The number of aryl methyl sites for hydroxylation is 4. The van der Waals surface area contributed by atoms with Gasteiger partial charge in [-0.25, -0.2) is 9.79 Å². The fraction of sp³-hybridized carbons (Fsp3) is 0.400. The van der Waals surface area contributed by atoms with E-state index in [1.54, 1.807) is 16.2 Å². The number of fused-ring (bicyclic) bond motifs is 3. The number of methoxy groups -OCH3 is 1. The maximum absolute atomic E-state index is 14.0. The highest BCUT2D eigenvalue weighted by Gasteiger charge is 2.23. The summed E-state index contributed by atoms with van der Waals surface area (Å²) in [5.41, 5.74) is 7.18. The van der Waals surface area contributed by atoms with Crippen molar-refractivity contribution in [2.75, 3.05) is 33.4 Å². The van der Waals surface area contributed by atoms with Crippen LogP contribution in [-0.4, -0.2) is 54.2 Å². The molecule has 0 saturated heterocycles. The van der Waals surface area contributed by atoms with Gasteiger partial charge in [0.1, 0.15) is 5.49 Å². The summed E-state index contributed by atoms with van der Waals surface area (Å²) < 4.78 is 14.8. The second-order valence-corrected chi connectivity index (χ2v) is 10.1. The van der Waals surface area contributed by atoms with Crippen LogP contribution in [0.5, 0.6) is 11.5 Å². The van der Waals surface area contributed by atoms with Crippen molar-refractivity contribution in [1.29, 1.82) is 0 Å². The van der Waals surface area contributed by atoms with Gasteiger partial charge in [0.25, 0.3) is 5.91 Å². The van der Waals surface area contributed by atoms with Crippen LogP contribution >= 0.6 is 0 Å². The Bertz CT molecular complexity index is 1610. The summed E-state index contributed by atoms with van der Waals surface area (Å²) in [4.78, 5) is 35.7. The Kier molecular flexibility index (Phi) is 7.77. The zero-order valence-corrected chi connectivity index (χ0v) is 23.8. The van der Waals surface area contributed by atoms with Crippen LogP contribution in [0.3, 0.4) is 0 Å². The molecule has 0 saturated carbocycles. The van der Waals surface area contributed by atoms with Crippen LogP contribution in [0.25, 0.3) is 11.3 Å². The van der Waals surface area contributed by atoms with E-state index < -0.39 is 0 Å². The number of aliphatic imine (C=N–C) groups is 1. The van der Waals surface area contributed by atoms with E-state index in [9.17, 15) is 9.59 Å². The minimum absolute atomic E-state index is 0.178. The van der Waals surface area contributed by atoms with Gasteiger partial charge in [0.15, 0.2) is 17.3 Å². The molecule has 2 aromatic carbocycles. The smallest absolute Gasteiger partial charge is 0.330 e. The summed E-state index contributed by atoms with van der Waals surface area (Å²) in [6.45, 7) is 10.9. The van der Waals surface area contributed by atoms with E-state index in [-0.39, 0.29) is 24.7 Å². The van der Waals surface area contributed by atoms with Gasteiger partial charge in [-0.1, -0.05) is 17.7 Å². The van der Waals surface area contributed by atoms with Gasteiger partial charge in [0, 0.05) is 37.8 Å². The Labute approximate surface area is 233 Å². The van der Waals surface area contributed by atoms with Crippen LogP contribution in [0.4, 0.5) is 5.69 Å². The highest BCUT2D eigenvalue weighted by molar-refractivity contribution is 6.38. The third kappa shape index (κ3) is 5.25. The second-order valence-electron chi connectivity index (χ2n) is 10.1. The number of benzene rings is 2. The van der Waals surface area contributed by atoms with Crippen LogP contribution < -0.4 is 31.3 Å². The fourth-order valence-corrected chi connectivity index (χ4v) is 5.45. The van der Waals surface area contributed by atoms with Gasteiger partial charge in [-0.15, -0.1) is 0 Å². The van der Waals surface area contributed by atoms with E-state index in [1.165, 1.54) is 0 Å². The van der Waals surface area contributed by atoms with Crippen LogP contribution in [0, 0.1) is 20.8 Å². The minimum Gasteiger partial charge on any atom is -0.493 e. The molecule has 0 spiro atoms. The van der Waals surface area contributed by atoms with Gasteiger partial charge in [0.05, 0.1) is 31.6 Å². The first-order chi connectivity index (χ1) is 19.3. The largest absolute Gasteiger partial charge is 0.493 e. The van der Waals surface area contributed by atoms with Gasteiger partial charge in [-0.3, -0.25) is 18.9 Å². The number of carbonyl (C=O) groups is 1. The molecule has 5 rings (SSSR count). The van der Waals surface area contributed by atoms with Crippen molar-refractivity contribution in [3.63, 3.8) is 0 Å². The lowest BCUT2D eigenvalue weighted by Crippen LogP contribution is -2.45. The molecule has 2 aliphatic rings. The predicted octanol–water partition coefficient (Wildman–Crippen LogP) is 2.56. The maximum atomic E-state index is 14.0. The Morgan fingerprint density at radius 3 is 2.58 bits per heavy atom. The summed E-state index contributed by atoms with van der Waals surface area (Å²) in [5, 5.41) is 5.85. The molecule has 40 heavy (non-hydrogen) atoms. The Balaban J connectivity index is 1.63. The Hall–Kier alpha value is -4.34. The molecule has 3 heterocycles. The van der Waals surface area contributed by atoms with Gasteiger partial charge < -0.3 is 20.1 Å². The molecule has 1 amide bonds. The molecule has 3 aromatic rings. The molecule has 0 aliphatic carbocycles. The summed E-state index contributed by atoms with van der Waals surface area (Å²) in [6.07, 6.45) is 0.682. The second kappa shape index (κ2) is 11.4. The molecule has 0 unspecified atom stereocenters. The Morgan fingerprint density at radius 2 is 1.90 bits per heavy atom. The van der Waals surface area contributed by atoms with Gasteiger partial charge in [0.2, 0.25) is 0 Å². The molecule has 0 radical (unpaired) electrons. The molecular formula is C30H36N6O4. The normalized spacial score (nSPS) is 14.2. The van der Waals surface area contributed by atoms with Crippen LogP contribution in [0.1, 0.15) is 29.2 Å². The highest BCUT2D eigenvalue weighted by Crippen LogP contribution is 2.37. The van der Waals surface area contributed by atoms with E-state index in [1.807, 2.05) is 39.0 Å². The number of nitrogens with zero attached hydrogens (tertiary/aromatic N) is 4. The van der Waals surface area contributed by atoms with E-state index in [4.69, 9.17) is 14.5 Å². The van der Waals surface area contributed by atoms with Crippen molar-refractivity contribution in [1.82, 2.24) is 19.8 Å². The quantitative estimate of drug-likeness (QED) is 0.453. The van der Waals surface area contributed by atoms with Crippen LogP contribution in [0.15, 0.2) is 45.1 Å². The number of hydrogen-bond donors (Lipinski definition) is 2. The first-order valence-electron chi connectivity index (χ1n) is 13.7. The number of carbonyl (C=O) groups excluding carboxylic acids is 1. The molecule has 10 heteroatoms. The molecule has 210 valence electrons. The monoisotopic (exact) mass is 544 g/mol. The molecule has 0 fully saturated rings. The summed E-state index contributed by atoms with van der Waals surface area (Å²) >= 11 is 0. The topological polar surface area (TPSA) is 111 Å². The van der Waals surface area contributed by atoms with Crippen molar-refractivity contribution < 1.29 is 14.3 Å². The zero-order valence-electron chi connectivity index (χ0n) is 23.8. The maximum Gasteiger partial charge on any atom is 0.330 e. The lowest BCUT2D eigenvalue weighted by atomic mass is 9.97. The number of hydrogen-bond acceptors (Lipinski definition) is 7. The van der Waals surface area contributed by atoms with Crippen molar-refractivity contribution in [2.24, 2.45) is 9.98 Å². The number of aromatic nitrogens is 2. The molecular weight excluding hydrogens is 508 g/mol. The van der Waals surface area contributed by atoms with Crippen molar-refractivity contribution in [3.05, 3.63) is 68.6 Å².